The number of rotatable bonds is 3. The van der Waals surface area contributed by atoms with Crippen LogP contribution >= 0.6 is 0 Å². The number of nitrogens with zero attached hydrogens (tertiary/aromatic N) is 2. The molecule has 0 bridgehead atoms. The van der Waals surface area contributed by atoms with Crippen LogP contribution in [-0.4, -0.2) is 27.9 Å². The maximum atomic E-state index is 15.1. The van der Waals surface area contributed by atoms with Gasteiger partial charge >= 0.3 is 0 Å². The number of methoxy groups -OCH3 is 1. The number of hydrogen-bond acceptors (Lipinski definition) is 4. The van der Waals surface area contributed by atoms with E-state index in [2.05, 4.69) is 6.92 Å². The van der Waals surface area contributed by atoms with Gasteiger partial charge in [0, 0.05) is 23.6 Å². The maximum absolute atomic E-state index is 15.1. The number of aryl methyl sites for hydroxylation is 1. The number of halogens is 1. The molecule has 0 saturated carbocycles. The second kappa shape index (κ2) is 6.64. The third-order valence-electron chi connectivity index (χ3n) is 7.00. The van der Waals surface area contributed by atoms with Crippen LogP contribution in [0.2, 0.25) is 0 Å². The summed E-state index contributed by atoms with van der Waals surface area (Å²) in [6.07, 6.45) is 0.773. The van der Waals surface area contributed by atoms with Crippen molar-refractivity contribution in [3.8, 4) is 17.1 Å². The summed E-state index contributed by atoms with van der Waals surface area (Å²) < 4.78 is 22.5. The van der Waals surface area contributed by atoms with Crippen LogP contribution in [0.4, 0.5) is 4.39 Å². The van der Waals surface area contributed by atoms with Crippen LogP contribution in [0.25, 0.3) is 22.3 Å². The van der Waals surface area contributed by atoms with Crippen molar-refractivity contribution >= 4 is 10.9 Å². The fourth-order valence-corrected chi connectivity index (χ4v) is 5.43. The van der Waals surface area contributed by atoms with E-state index in [1.807, 2.05) is 13.0 Å². The zero-order chi connectivity index (χ0) is 21.2. The van der Waals surface area contributed by atoms with Crippen LogP contribution in [0.3, 0.4) is 0 Å². The molecule has 6 heteroatoms. The Morgan fingerprint density at radius 3 is 2.80 bits per heavy atom. The molecule has 0 unspecified atom stereocenters. The molecule has 2 atom stereocenters. The van der Waals surface area contributed by atoms with Crippen molar-refractivity contribution in [1.29, 1.82) is 0 Å². The topological polar surface area (TPSA) is 64.4 Å². The van der Waals surface area contributed by atoms with Crippen LogP contribution in [-0.2, 0) is 29.7 Å². The van der Waals surface area contributed by atoms with Gasteiger partial charge in [0.15, 0.2) is 0 Å². The van der Waals surface area contributed by atoms with Crippen molar-refractivity contribution < 1.29 is 14.2 Å². The number of phenolic OH excluding ortho intramolecular Hbond substituents is 1. The zero-order valence-corrected chi connectivity index (χ0v) is 17.5. The van der Waals surface area contributed by atoms with Gasteiger partial charge in [-0.1, -0.05) is 13.8 Å². The zero-order valence-electron chi connectivity index (χ0n) is 17.5. The van der Waals surface area contributed by atoms with E-state index >= 15 is 4.39 Å². The number of hydrogen-bond donors (Lipinski definition) is 1. The predicted octanol–water partition coefficient (Wildman–Crippen LogP) is 4.23. The normalized spacial score (nSPS) is 22.1. The molecule has 0 amide bonds. The fourth-order valence-electron chi connectivity index (χ4n) is 5.43. The van der Waals surface area contributed by atoms with Gasteiger partial charge in [-0.2, -0.15) is 0 Å². The average Bonchev–Trinajstić information content (AvgIpc) is 3.11. The predicted molar refractivity (Wildman–Crippen MR) is 114 cm³/mol. The Bertz CT molecular complexity index is 1240. The highest BCUT2D eigenvalue weighted by atomic mass is 19.1. The van der Waals surface area contributed by atoms with Crippen LogP contribution in [0.1, 0.15) is 48.9 Å². The third kappa shape index (κ3) is 2.37. The SMILES string of the molecule is CCc1c2c(nc3ccc(O)cc13)-c1cc3c(c(=O)n1C2)CC[C@@H](F)[C@@]3(CC)OC. The molecule has 1 aliphatic carbocycles. The molecule has 5 nitrogen and oxygen atoms in total. The van der Waals surface area contributed by atoms with Crippen LogP contribution in [0, 0.1) is 0 Å². The van der Waals surface area contributed by atoms with E-state index in [4.69, 9.17) is 9.72 Å². The summed E-state index contributed by atoms with van der Waals surface area (Å²) in [5.74, 6) is 0.198. The van der Waals surface area contributed by atoms with Crippen molar-refractivity contribution in [2.24, 2.45) is 0 Å². The first-order valence-electron chi connectivity index (χ1n) is 10.6. The molecule has 2 aliphatic rings. The van der Waals surface area contributed by atoms with Gasteiger partial charge in [-0.15, -0.1) is 0 Å². The van der Waals surface area contributed by atoms with Crippen LogP contribution in [0.5, 0.6) is 5.75 Å². The molecule has 156 valence electrons. The fraction of sp³-hybridized carbons (Fsp3) is 0.417. The summed E-state index contributed by atoms with van der Waals surface area (Å²) in [5, 5.41) is 10.9. The van der Waals surface area contributed by atoms with Gasteiger partial charge < -0.3 is 14.4 Å². The lowest BCUT2D eigenvalue weighted by Crippen LogP contribution is -2.45. The smallest absolute Gasteiger partial charge is 0.254 e. The summed E-state index contributed by atoms with van der Waals surface area (Å²) in [6, 6.07) is 7.09. The van der Waals surface area contributed by atoms with E-state index in [1.54, 1.807) is 22.8 Å². The Morgan fingerprint density at radius 1 is 1.30 bits per heavy atom. The second-order valence-electron chi connectivity index (χ2n) is 8.24. The molecule has 1 aliphatic heterocycles. The first-order valence-corrected chi connectivity index (χ1v) is 10.6. The Hall–Kier alpha value is -2.73. The van der Waals surface area contributed by atoms with Crippen molar-refractivity contribution in [2.45, 2.75) is 57.8 Å². The average molecular weight is 408 g/mol. The molecular formula is C24H25FN2O3. The number of aromatic nitrogens is 2. The van der Waals surface area contributed by atoms with Gasteiger partial charge in [0.2, 0.25) is 0 Å². The van der Waals surface area contributed by atoms with Gasteiger partial charge in [-0.3, -0.25) is 4.79 Å². The number of ether oxygens (including phenoxy) is 1. The van der Waals surface area contributed by atoms with Gasteiger partial charge in [-0.05, 0) is 61.1 Å². The number of phenols is 1. The quantitative estimate of drug-likeness (QED) is 0.551. The van der Waals surface area contributed by atoms with Gasteiger partial charge in [0.05, 0.1) is 23.4 Å². The summed E-state index contributed by atoms with van der Waals surface area (Å²) in [6.45, 7) is 4.41. The first kappa shape index (κ1) is 19.2. The standard InChI is InChI=1S/C24H25FN2O3/c1-4-14-16-10-13(28)6-8-19(16)26-22-17(14)12-27-20(22)11-18-15(23(27)29)7-9-21(25)24(18,5-2)30-3/h6,8,10-11,21,28H,4-5,7,9,12H2,1-3H3/t21-,24+/m1/s1. The van der Waals surface area contributed by atoms with Gasteiger partial charge in [0.25, 0.3) is 5.56 Å². The van der Waals surface area contributed by atoms with E-state index in [9.17, 15) is 9.90 Å². The highest BCUT2D eigenvalue weighted by molar-refractivity contribution is 5.89. The number of benzene rings is 1. The highest BCUT2D eigenvalue weighted by Gasteiger charge is 2.46. The molecule has 0 saturated heterocycles. The van der Waals surface area contributed by atoms with Gasteiger partial charge in [0.1, 0.15) is 17.5 Å². The van der Waals surface area contributed by atoms with E-state index in [0.29, 0.717) is 30.5 Å². The molecule has 1 N–H and O–H groups in total. The number of alkyl halides is 1. The minimum Gasteiger partial charge on any atom is -0.508 e. The monoisotopic (exact) mass is 408 g/mol. The molecule has 30 heavy (non-hydrogen) atoms. The minimum atomic E-state index is -1.15. The summed E-state index contributed by atoms with van der Waals surface area (Å²) >= 11 is 0. The van der Waals surface area contributed by atoms with E-state index in [0.717, 1.165) is 39.8 Å². The number of aromatic hydroxyl groups is 1. The Labute approximate surface area is 174 Å². The van der Waals surface area contributed by atoms with Crippen molar-refractivity contribution in [3.63, 3.8) is 0 Å². The molecule has 1 aromatic carbocycles. The van der Waals surface area contributed by atoms with E-state index in [1.165, 1.54) is 7.11 Å². The Morgan fingerprint density at radius 2 is 2.10 bits per heavy atom. The van der Waals surface area contributed by atoms with E-state index in [-0.39, 0.29) is 17.7 Å². The molecule has 5 rings (SSSR count). The largest absolute Gasteiger partial charge is 0.508 e. The first-order chi connectivity index (χ1) is 14.4. The lowest BCUT2D eigenvalue weighted by molar-refractivity contribution is -0.0881. The van der Waals surface area contributed by atoms with Crippen molar-refractivity contribution in [1.82, 2.24) is 9.55 Å². The number of pyridine rings is 2. The molecule has 3 heterocycles. The van der Waals surface area contributed by atoms with Crippen LogP contribution < -0.4 is 5.56 Å². The summed E-state index contributed by atoms with van der Waals surface area (Å²) in [5.41, 5.74) is 4.52. The summed E-state index contributed by atoms with van der Waals surface area (Å²) in [4.78, 5) is 18.3. The highest BCUT2D eigenvalue weighted by Crippen LogP contribution is 2.44. The van der Waals surface area contributed by atoms with Crippen LogP contribution in [0.15, 0.2) is 29.1 Å². The lowest BCUT2D eigenvalue weighted by Gasteiger charge is -2.40. The van der Waals surface area contributed by atoms with Gasteiger partial charge in [-0.25, -0.2) is 9.37 Å². The molecular weight excluding hydrogens is 383 g/mol. The molecule has 0 radical (unpaired) electrons. The Kier molecular flexibility index (Phi) is 4.26. The molecule has 2 aromatic heterocycles. The minimum absolute atomic E-state index is 0.0729. The molecule has 3 aromatic rings. The van der Waals surface area contributed by atoms with Crippen molar-refractivity contribution in [2.75, 3.05) is 7.11 Å². The maximum Gasteiger partial charge on any atom is 0.254 e. The second-order valence-corrected chi connectivity index (χ2v) is 8.24. The third-order valence-corrected chi connectivity index (χ3v) is 7.00. The number of fused-ring (bicyclic) bond motifs is 5. The molecule has 0 spiro atoms. The summed E-state index contributed by atoms with van der Waals surface area (Å²) in [7, 11) is 1.53. The molecule has 0 fully saturated rings. The Balaban J connectivity index is 1.83. The van der Waals surface area contributed by atoms with Crippen molar-refractivity contribution in [3.05, 3.63) is 56.9 Å². The van der Waals surface area contributed by atoms with E-state index < -0.39 is 11.8 Å². The lowest BCUT2D eigenvalue weighted by atomic mass is 9.76.